The first-order chi connectivity index (χ1) is 16.3. The van der Waals surface area contributed by atoms with Gasteiger partial charge in [-0.15, -0.1) is 0 Å². The molecule has 0 radical (unpaired) electrons. The van der Waals surface area contributed by atoms with Crippen molar-refractivity contribution in [2.75, 3.05) is 13.7 Å². The molecule has 1 saturated heterocycles. The van der Waals surface area contributed by atoms with E-state index in [1.54, 1.807) is 12.1 Å². The average molecular weight is 472 g/mol. The molecule has 1 aliphatic carbocycles. The lowest BCUT2D eigenvalue weighted by Crippen LogP contribution is -2.35. The number of rotatable bonds is 9. The second-order valence-electron chi connectivity index (χ2n) is 9.62. The minimum absolute atomic E-state index is 0.107. The average Bonchev–Trinajstić information content (AvgIpc) is 3.07. The number of nitrogens with two attached hydrogens (primary N) is 1. The molecule has 1 aromatic heterocycles. The van der Waals surface area contributed by atoms with Crippen LogP contribution in [0.4, 0.5) is 4.39 Å². The number of benzene rings is 1. The first kappa shape index (κ1) is 24.2. The van der Waals surface area contributed by atoms with Crippen molar-refractivity contribution in [3.63, 3.8) is 0 Å². The van der Waals surface area contributed by atoms with Gasteiger partial charge >= 0.3 is 0 Å². The van der Waals surface area contributed by atoms with Crippen LogP contribution < -0.4 is 20.5 Å². The van der Waals surface area contributed by atoms with Gasteiger partial charge in [0, 0.05) is 22.9 Å². The molecular weight excluding hydrogens is 437 g/mol. The van der Waals surface area contributed by atoms with Crippen molar-refractivity contribution in [3.8, 4) is 11.6 Å². The lowest BCUT2D eigenvalue weighted by atomic mass is 9.65. The van der Waals surface area contributed by atoms with Crippen molar-refractivity contribution in [1.82, 2.24) is 10.3 Å². The van der Waals surface area contributed by atoms with Crippen LogP contribution in [0.3, 0.4) is 0 Å². The van der Waals surface area contributed by atoms with Gasteiger partial charge in [-0.1, -0.05) is 27.2 Å². The third-order valence-corrected chi connectivity index (χ3v) is 7.83. The summed E-state index contributed by atoms with van der Waals surface area (Å²) in [7, 11) is 1.47. The van der Waals surface area contributed by atoms with Gasteiger partial charge in [0.15, 0.2) is 6.17 Å². The molecule has 1 saturated carbocycles. The molecule has 2 fully saturated rings. The Morgan fingerprint density at radius 1 is 1.29 bits per heavy atom. The number of hydrogen-bond donors (Lipinski definition) is 2. The highest BCUT2D eigenvalue weighted by Crippen LogP contribution is 2.48. The summed E-state index contributed by atoms with van der Waals surface area (Å²) in [6, 6.07) is 5.00. The third kappa shape index (κ3) is 4.30. The molecule has 2 amide bonds. The van der Waals surface area contributed by atoms with Gasteiger partial charge in [-0.25, -0.2) is 9.37 Å². The summed E-state index contributed by atoms with van der Waals surface area (Å²) in [6.45, 7) is 6.44. The lowest BCUT2D eigenvalue weighted by Gasteiger charge is -2.40. The number of amides is 2. The molecular formula is C26H34FN3O4. The number of nitrogens with zero attached hydrogens (tertiary/aromatic N) is 1. The Kier molecular flexibility index (Phi) is 6.96. The molecule has 2 aliphatic rings. The number of primary amides is 1. The first-order valence-corrected chi connectivity index (χ1v) is 12.2. The summed E-state index contributed by atoms with van der Waals surface area (Å²) in [5.74, 6) is 0.554. The van der Waals surface area contributed by atoms with Crippen LogP contribution in [-0.2, 0) is 4.79 Å². The number of ether oxygens (including phenoxy) is 2. The van der Waals surface area contributed by atoms with E-state index in [0.29, 0.717) is 46.8 Å². The largest absolute Gasteiger partial charge is 0.496 e. The summed E-state index contributed by atoms with van der Waals surface area (Å²) < 4.78 is 25.8. The number of hydrogen-bond acceptors (Lipinski definition) is 5. The molecule has 2 heterocycles. The molecule has 3 N–H and O–H groups in total. The van der Waals surface area contributed by atoms with Crippen LogP contribution in [0.1, 0.15) is 68.4 Å². The zero-order valence-corrected chi connectivity index (χ0v) is 20.3. The molecule has 7 nitrogen and oxygen atoms in total. The van der Waals surface area contributed by atoms with Gasteiger partial charge in [0.1, 0.15) is 12.4 Å². The predicted octanol–water partition coefficient (Wildman–Crippen LogP) is 4.12. The minimum atomic E-state index is -1.53. The molecule has 1 aliphatic heterocycles. The quantitative estimate of drug-likeness (QED) is 0.573. The maximum atomic E-state index is 14.3. The SMILES string of the molecule is CCC(C)C1CCC1c1cc2cc(C(N)=O)c(OC)cc2c(OCC2NC(=O)C(F)C2CC)n1. The maximum absolute atomic E-state index is 14.3. The molecule has 34 heavy (non-hydrogen) atoms. The fraction of sp³-hybridized carbons (Fsp3) is 0.577. The van der Waals surface area contributed by atoms with Gasteiger partial charge in [0.05, 0.1) is 18.7 Å². The van der Waals surface area contributed by atoms with Crippen molar-refractivity contribution in [3.05, 3.63) is 29.5 Å². The molecule has 6 unspecified atom stereocenters. The van der Waals surface area contributed by atoms with Crippen molar-refractivity contribution in [2.45, 2.75) is 64.6 Å². The highest BCUT2D eigenvalue weighted by molar-refractivity contribution is 6.01. The van der Waals surface area contributed by atoms with Gasteiger partial charge in [0.2, 0.25) is 5.88 Å². The number of nitrogens with one attached hydrogen (secondary N) is 1. The van der Waals surface area contributed by atoms with E-state index in [2.05, 4.69) is 19.2 Å². The number of carbonyl (C=O) groups is 2. The van der Waals surface area contributed by atoms with Gasteiger partial charge in [0.25, 0.3) is 11.8 Å². The van der Waals surface area contributed by atoms with Crippen molar-refractivity contribution >= 4 is 22.6 Å². The summed E-state index contributed by atoms with van der Waals surface area (Å²) in [4.78, 5) is 28.8. The maximum Gasteiger partial charge on any atom is 0.255 e. The normalized spacial score (nSPS) is 27.2. The Labute approximate surface area is 199 Å². The molecule has 0 bridgehead atoms. The number of aromatic nitrogens is 1. The Balaban J connectivity index is 1.73. The molecule has 0 spiro atoms. The van der Waals surface area contributed by atoms with E-state index >= 15 is 0 Å². The highest BCUT2D eigenvalue weighted by atomic mass is 19.1. The van der Waals surface area contributed by atoms with E-state index in [4.69, 9.17) is 20.2 Å². The van der Waals surface area contributed by atoms with Gasteiger partial charge in [-0.3, -0.25) is 9.59 Å². The molecule has 184 valence electrons. The number of carbonyl (C=O) groups excluding carboxylic acids is 2. The highest BCUT2D eigenvalue weighted by Gasteiger charge is 2.42. The number of fused-ring (bicyclic) bond motifs is 1. The fourth-order valence-corrected chi connectivity index (χ4v) is 5.40. The Hall–Kier alpha value is -2.90. The minimum Gasteiger partial charge on any atom is -0.496 e. The van der Waals surface area contributed by atoms with Crippen molar-refractivity contribution in [2.24, 2.45) is 23.5 Å². The van der Waals surface area contributed by atoms with Crippen LogP contribution in [0.25, 0.3) is 10.8 Å². The zero-order chi connectivity index (χ0) is 24.6. The first-order valence-electron chi connectivity index (χ1n) is 12.2. The molecule has 2 aromatic rings. The monoisotopic (exact) mass is 471 g/mol. The van der Waals surface area contributed by atoms with E-state index in [1.165, 1.54) is 7.11 Å². The van der Waals surface area contributed by atoms with E-state index in [9.17, 15) is 14.0 Å². The summed E-state index contributed by atoms with van der Waals surface area (Å²) in [6.07, 6.45) is 2.31. The second-order valence-corrected chi connectivity index (χ2v) is 9.62. The third-order valence-electron chi connectivity index (χ3n) is 7.83. The second kappa shape index (κ2) is 9.76. The van der Waals surface area contributed by atoms with Gasteiger partial charge in [-0.05, 0) is 54.7 Å². The number of pyridine rings is 1. The number of alkyl halides is 1. The van der Waals surface area contributed by atoms with E-state index < -0.39 is 29.9 Å². The van der Waals surface area contributed by atoms with E-state index in [1.807, 2.05) is 13.0 Å². The molecule has 6 atom stereocenters. The van der Waals surface area contributed by atoms with Gasteiger partial charge < -0.3 is 20.5 Å². The van der Waals surface area contributed by atoms with Gasteiger partial charge in [-0.2, -0.15) is 0 Å². The summed E-state index contributed by atoms with van der Waals surface area (Å²) >= 11 is 0. The zero-order valence-electron chi connectivity index (χ0n) is 20.3. The van der Waals surface area contributed by atoms with Crippen LogP contribution in [-0.4, -0.2) is 42.7 Å². The predicted molar refractivity (Wildman–Crippen MR) is 128 cm³/mol. The van der Waals surface area contributed by atoms with Crippen LogP contribution in [0.2, 0.25) is 0 Å². The van der Waals surface area contributed by atoms with Crippen molar-refractivity contribution < 1.29 is 23.5 Å². The lowest BCUT2D eigenvalue weighted by molar-refractivity contribution is -0.123. The Morgan fingerprint density at radius 3 is 2.65 bits per heavy atom. The molecule has 8 heteroatoms. The summed E-state index contributed by atoms with van der Waals surface area (Å²) in [5.41, 5.74) is 6.80. The smallest absolute Gasteiger partial charge is 0.255 e. The van der Waals surface area contributed by atoms with E-state index in [0.717, 1.165) is 30.3 Å². The van der Waals surface area contributed by atoms with Crippen LogP contribution in [0, 0.1) is 17.8 Å². The Morgan fingerprint density at radius 2 is 2.06 bits per heavy atom. The standard InChI is InChI=1S/C26H34FN3O4/c1-5-13(3)16-7-8-17(16)20-10-14-9-19(24(28)31)22(33-4)11-18(14)26(30-20)34-12-21-15(6-2)23(27)25(32)29-21/h9-11,13,15-17,21,23H,5-8,12H2,1-4H3,(H2,28,31)(H,29,32). The van der Waals surface area contributed by atoms with Crippen molar-refractivity contribution in [1.29, 1.82) is 0 Å². The van der Waals surface area contributed by atoms with Crippen LogP contribution in [0.15, 0.2) is 18.2 Å². The van der Waals surface area contributed by atoms with Crippen LogP contribution in [0.5, 0.6) is 11.6 Å². The van der Waals surface area contributed by atoms with E-state index in [-0.39, 0.29) is 6.61 Å². The number of methoxy groups -OCH3 is 1. The Bertz CT molecular complexity index is 1090. The number of halogens is 1. The summed E-state index contributed by atoms with van der Waals surface area (Å²) in [5, 5.41) is 4.17. The fourth-order valence-electron chi connectivity index (χ4n) is 5.40. The topological polar surface area (TPSA) is 104 Å². The molecule has 1 aromatic carbocycles. The van der Waals surface area contributed by atoms with Crippen LogP contribution >= 0.6 is 0 Å². The molecule has 4 rings (SSSR count).